The van der Waals surface area contributed by atoms with Crippen molar-refractivity contribution in [3.8, 4) is 5.75 Å². The van der Waals surface area contributed by atoms with Crippen molar-refractivity contribution in [2.75, 3.05) is 40.0 Å². The number of ether oxygens (including phenoxy) is 3. The first kappa shape index (κ1) is 24.9. The molecule has 0 aliphatic rings. The number of hydrogen-bond acceptors (Lipinski definition) is 4. The average Bonchev–Trinajstić information content (AvgIpc) is 2.62. The van der Waals surface area contributed by atoms with Crippen LogP contribution in [0.2, 0.25) is 0 Å². The van der Waals surface area contributed by atoms with Crippen LogP contribution in [0.5, 0.6) is 5.75 Å². The molecule has 0 saturated heterocycles. The van der Waals surface area contributed by atoms with Crippen LogP contribution in [-0.2, 0) is 16.0 Å². The lowest BCUT2D eigenvalue weighted by molar-refractivity contribution is 0.0829. The standard InChI is InChI=1S/C19H33N3O3.HI/c1-5-24-13-6-11-20-19(21-12-14-25-16(2)3)22-15-17-7-9-18(23-4)10-8-17;/h7-10,16H,5-6,11-15H2,1-4H3,(H2,20,21,22);1H. The summed E-state index contributed by atoms with van der Waals surface area (Å²) in [4.78, 5) is 4.64. The lowest BCUT2D eigenvalue weighted by atomic mass is 10.2. The topological polar surface area (TPSA) is 64.1 Å². The van der Waals surface area contributed by atoms with Crippen LogP contribution in [-0.4, -0.2) is 52.1 Å². The first-order valence-electron chi connectivity index (χ1n) is 9.00. The van der Waals surface area contributed by atoms with Crippen LogP contribution in [0.25, 0.3) is 0 Å². The normalized spacial score (nSPS) is 11.2. The maximum Gasteiger partial charge on any atom is 0.191 e. The Morgan fingerprint density at radius 1 is 1.08 bits per heavy atom. The molecular formula is C19H34IN3O3. The first-order valence-corrected chi connectivity index (χ1v) is 9.00. The van der Waals surface area contributed by atoms with E-state index < -0.39 is 0 Å². The second kappa shape index (κ2) is 16.1. The Morgan fingerprint density at radius 2 is 1.77 bits per heavy atom. The Balaban J connectivity index is 0.00000625. The van der Waals surface area contributed by atoms with Gasteiger partial charge in [-0.2, -0.15) is 0 Å². The third kappa shape index (κ3) is 12.3. The minimum atomic E-state index is 0. The molecule has 1 aromatic rings. The van der Waals surface area contributed by atoms with Gasteiger partial charge < -0.3 is 24.8 Å². The summed E-state index contributed by atoms with van der Waals surface area (Å²) < 4.78 is 16.1. The maximum absolute atomic E-state index is 5.56. The van der Waals surface area contributed by atoms with Crippen molar-refractivity contribution in [2.45, 2.75) is 39.8 Å². The quantitative estimate of drug-likeness (QED) is 0.209. The van der Waals surface area contributed by atoms with E-state index >= 15 is 0 Å². The molecule has 0 spiro atoms. The van der Waals surface area contributed by atoms with E-state index in [4.69, 9.17) is 14.2 Å². The van der Waals surface area contributed by atoms with Crippen molar-refractivity contribution in [1.29, 1.82) is 0 Å². The molecular weight excluding hydrogens is 445 g/mol. The van der Waals surface area contributed by atoms with Gasteiger partial charge in [-0.15, -0.1) is 24.0 Å². The van der Waals surface area contributed by atoms with Gasteiger partial charge in [0.05, 0.1) is 26.4 Å². The molecule has 0 amide bonds. The Kier molecular flexibility index (Phi) is 15.5. The highest BCUT2D eigenvalue weighted by atomic mass is 127. The van der Waals surface area contributed by atoms with Gasteiger partial charge >= 0.3 is 0 Å². The highest BCUT2D eigenvalue weighted by Crippen LogP contribution is 2.11. The van der Waals surface area contributed by atoms with Gasteiger partial charge in [0.1, 0.15) is 5.75 Å². The fourth-order valence-corrected chi connectivity index (χ4v) is 2.07. The molecule has 0 bridgehead atoms. The number of rotatable bonds is 12. The number of halogens is 1. The zero-order chi connectivity index (χ0) is 18.3. The van der Waals surface area contributed by atoms with Gasteiger partial charge in [-0.25, -0.2) is 4.99 Å². The molecule has 6 nitrogen and oxygen atoms in total. The summed E-state index contributed by atoms with van der Waals surface area (Å²) >= 11 is 0. The molecule has 0 unspecified atom stereocenters. The van der Waals surface area contributed by atoms with Gasteiger partial charge in [0.25, 0.3) is 0 Å². The molecule has 1 rings (SSSR count). The molecule has 2 N–H and O–H groups in total. The predicted octanol–water partition coefficient (Wildman–Crippen LogP) is 3.20. The van der Waals surface area contributed by atoms with E-state index in [1.54, 1.807) is 7.11 Å². The number of nitrogens with one attached hydrogen (secondary N) is 2. The lowest BCUT2D eigenvalue weighted by Crippen LogP contribution is -2.40. The summed E-state index contributed by atoms with van der Waals surface area (Å²) in [6.07, 6.45) is 1.18. The second-order valence-corrected chi connectivity index (χ2v) is 5.84. The summed E-state index contributed by atoms with van der Waals surface area (Å²) in [5, 5.41) is 6.65. The van der Waals surface area contributed by atoms with Gasteiger partial charge in [0.15, 0.2) is 5.96 Å². The summed E-state index contributed by atoms with van der Waals surface area (Å²) in [7, 11) is 1.67. The van der Waals surface area contributed by atoms with E-state index in [1.165, 1.54) is 0 Å². The highest BCUT2D eigenvalue weighted by molar-refractivity contribution is 14.0. The molecule has 0 aliphatic carbocycles. The third-order valence-electron chi connectivity index (χ3n) is 3.39. The molecule has 0 radical (unpaired) electrons. The van der Waals surface area contributed by atoms with E-state index in [2.05, 4.69) is 15.6 Å². The van der Waals surface area contributed by atoms with E-state index in [0.717, 1.165) is 50.0 Å². The van der Waals surface area contributed by atoms with Crippen molar-refractivity contribution < 1.29 is 14.2 Å². The van der Waals surface area contributed by atoms with E-state index in [1.807, 2.05) is 45.0 Å². The molecule has 1 aromatic carbocycles. The van der Waals surface area contributed by atoms with Crippen LogP contribution >= 0.6 is 24.0 Å². The monoisotopic (exact) mass is 479 g/mol. The molecule has 0 saturated carbocycles. The lowest BCUT2D eigenvalue weighted by Gasteiger charge is -2.14. The van der Waals surface area contributed by atoms with Crippen LogP contribution in [0, 0.1) is 0 Å². The Hall–Kier alpha value is -1.06. The summed E-state index contributed by atoms with van der Waals surface area (Å²) in [6.45, 7) is 10.4. The molecule has 0 aromatic heterocycles. The highest BCUT2D eigenvalue weighted by Gasteiger charge is 2.00. The SMILES string of the molecule is CCOCCCNC(=NCc1ccc(OC)cc1)NCCOC(C)C.I. The van der Waals surface area contributed by atoms with Crippen LogP contribution < -0.4 is 15.4 Å². The van der Waals surface area contributed by atoms with E-state index in [9.17, 15) is 0 Å². The fourth-order valence-electron chi connectivity index (χ4n) is 2.07. The van der Waals surface area contributed by atoms with Crippen molar-refractivity contribution in [2.24, 2.45) is 4.99 Å². The zero-order valence-corrected chi connectivity index (χ0v) is 18.7. The Morgan fingerprint density at radius 3 is 2.38 bits per heavy atom. The summed E-state index contributed by atoms with van der Waals surface area (Å²) in [6, 6.07) is 7.95. The predicted molar refractivity (Wildman–Crippen MR) is 118 cm³/mol. The number of benzene rings is 1. The largest absolute Gasteiger partial charge is 0.497 e. The molecule has 0 fully saturated rings. The first-order chi connectivity index (χ1) is 12.2. The van der Waals surface area contributed by atoms with Crippen molar-refractivity contribution in [3.63, 3.8) is 0 Å². The van der Waals surface area contributed by atoms with Crippen LogP contribution in [0.1, 0.15) is 32.8 Å². The number of hydrogen-bond donors (Lipinski definition) is 2. The smallest absolute Gasteiger partial charge is 0.191 e. The number of methoxy groups -OCH3 is 1. The summed E-state index contributed by atoms with van der Waals surface area (Å²) in [5.41, 5.74) is 1.13. The Bertz CT molecular complexity index is 481. The molecule has 0 heterocycles. The third-order valence-corrected chi connectivity index (χ3v) is 3.39. The van der Waals surface area contributed by atoms with Crippen molar-refractivity contribution in [1.82, 2.24) is 10.6 Å². The van der Waals surface area contributed by atoms with Crippen LogP contribution in [0.15, 0.2) is 29.3 Å². The molecule has 0 aliphatic heterocycles. The van der Waals surface area contributed by atoms with Crippen LogP contribution in [0.4, 0.5) is 0 Å². The van der Waals surface area contributed by atoms with Gasteiger partial charge in [-0.05, 0) is 44.9 Å². The number of guanidine groups is 1. The fraction of sp³-hybridized carbons (Fsp3) is 0.632. The minimum Gasteiger partial charge on any atom is -0.497 e. The maximum atomic E-state index is 5.56. The van der Waals surface area contributed by atoms with E-state index in [-0.39, 0.29) is 30.1 Å². The Labute approximate surface area is 175 Å². The van der Waals surface area contributed by atoms with Gasteiger partial charge in [-0.3, -0.25) is 0 Å². The van der Waals surface area contributed by atoms with Crippen molar-refractivity contribution >= 4 is 29.9 Å². The molecule has 0 atom stereocenters. The zero-order valence-electron chi connectivity index (χ0n) is 16.4. The summed E-state index contributed by atoms with van der Waals surface area (Å²) in [5.74, 6) is 1.64. The molecule has 7 heteroatoms. The number of nitrogens with zero attached hydrogens (tertiary/aromatic N) is 1. The van der Waals surface area contributed by atoms with Gasteiger partial charge in [0.2, 0.25) is 0 Å². The number of aliphatic imine (C=N–C) groups is 1. The van der Waals surface area contributed by atoms with Crippen molar-refractivity contribution in [3.05, 3.63) is 29.8 Å². The van der Waals surface area contributed by atoms with Gasteiger partial charge in [-0.1, -0.05) is 12.1 Å². The second-order valence-electron chi connectivity index (χ2n) is 5.84. The minimum absolute atomic E-state index is 0. The molecule has 150 valence electrons. The van der Waals surface area contributed by atoms with Crippen LogP contribution in [0.3, 0.4) is 0 Å². The van der Waals surface area contributed by atoms with Gasteiger partial charge in [0, 0.05) is 26.3 Å². The molecule has 26 heavy (non-hydrogen) atoms. The van der Waals surface area contributed by atoms with E-state index in [0.29, 0.717) is 13.2 Å². The average molecular weight is 479 g/mol.